The van der Waals surface area contributed by atoms with E-state index < -0.39 is 22.0 Å². The van der Waals surface area contributed by atoms with E-state index in [0.717, 1.165) is 28.9 Å². The van der Waals surface area contributed by atoms with Crippen LogP contribution in [0, 0.1) is 18.8 Å². The lowest BCUT2D eigenvalue weighted by atomic mass is 9.94. The van der Waals surface area contributed by atoms with Gasteiger partial charge in [0.1, 0.15) is 5.84 Å². The average molecular weight is 572 g/mol. The number of ether oxygens (including phenoxy) is 1. The van der Waals surface area contributed by atoms with Crippen LogP contribution in [-0.4, -0.2) is 59.4 Å². The lowest BCUT2D eigenvalue weighted by Gasteiger charge is -2.38. The summed E-state index contributed by atoms with van der Waals surface area (Å²) in [6, 6.07) is 16.6. The van der Waals surface area contributed by atoms with Crippen LogP contribution in [-0.2, 0) is 14.8 Å². The molecule has 0 aliphatic carbocycles. The van der Waals surface area contributed by atoms with E-state index in [0.29, 0.717) is 42.1 Å². The van der Waals surface area contributed by atoms with Crippen LogP contribution >= 0.6 is 0 Å². The van der Waals surface area contributed by atoms with Crippen LogP contribution in [0.1, 0.15) is 53.5 Å². The van der Waals surface area contributed by atoms with Crippen molar-refractivity contribution in [2.24, 2.45) is 16.8 Å². The molecule has 0 saturated carbocycles. The number of carbonyl (C=O) groups is 1. The van der Waals surface area contributed by atoms with Gasteiger partial charge >= 0.3 is 5.97 Å². The molecule has 1 aromatic heterocycles. The first-order chi connectivity index (χ1) is 19.7. The van der Waals surface area contributed by atoms with Crippen LogP contribution in [0.2, 0.25) is 0 Å². The molecule has 41 heavy (non-hydrogen) atoms. The number of benzene rings is 2. The molecule has 3 atom stereocenters. The quantitative estimate of drug-likeness (QED) is 0.395. The third kappa shape index (κ3) is 4.81. The van der Waals surface area contributed by atoms with E-state index in [9.17, 15) is 13.2 Å². The molecule has 3 aliphatic rings. The summed E-state index contributed by atoms with van der Waals surface area (Å²) < 4.78 is 36.1. The first-order valence-electron chi connectivity index (χ1n) is 13.8. The van der Waals surface area contributed by atoms with Crippen molar-refractivity contribution in [3.8, 4) is 5.69 Å². The lowest BCUT2D eigenvalue weighted by molar-refractivity contribution is 0.0600. The highest BCUT2D eigenvalue weighted by Gasteiger charge is 2.39. The Morgan fingerprint density at radius 1 is 0.976 bits per heavy atom. The van der Waals surface area contributed by atoms with E-state index in [1.54, 1.807) is 34.8 Å². The molecule has 0 bridgehead atoms. The summed E-state index contributed by atoms with van der Waals surface area (Å²) in [6.07, 6.45) is 6.12. The van der Waals surface area contributed by atoms with Crippen molar-refractivity contribution in [1.29, 1.82) is 0 Å². The summed E-state index contributed by atoms with van der Waals surface area (Å²) in [4.78, 5) is 19.3. The van der Waals surface area contributed by atoms with Gasteiger partial charge in [0, 0.05) is 24.9 Å². The molecule has 4 heterocycles. The first kappa shape index (κ1) is 27.2. The van der Waals surface area contributed by atoms with Crippen molar-refractivity contribution in [2.45, 2.75) is 33.2 Å². The van der Waals surface area contributed by atoms with Gasteiger partial charge in [-0.1, -0.05) is 44.2 Å². The number of hydrogen-bond donors (Lipinski definition) is 0. The fraction of sp³-hybridized carbons (Fsp3) is 0.323. The Bertz CT molecular complexity index is 1680. The van der Waals surface area contributed by atoms with Gasteiger partial charge in [-0.25, -0.2) is 22.9 Å². The number of nitrogens with zero attached hydrogens (tertiary/aromatic N) is 5. The molecular formula is C31H33N5O4S. The van der Waals surface area contributed by atoms with Gasteiger partial charge in [-0.3, -0.25) is 0 Å². The zero-order valence-electron chi connectivity index (χ0n) is 23.6. The van der Waals surface area contributed by atoms with Gasteiger partial charge in [-0.05, 0) is 67.2 Å². The van der Waals surface area contributed by atoms with E-state index in [4.69, 9.17) is 14.8 Å². The largest absolute Gasteiger partial charge is 0.465 e. The number of allylic oxidation sites excluding steroid dienone is 1. The highest BCUT2D eigenvalue weighted by molar-refractivity contribution is 7.93. The second-order valence-corrected chi connectivity index (χ2v) is 13.0. The van der Waals surface area contributed by atoms with Gasteiger partial charge < -0.3 is 9.64 Å². The van der Waals surface area contributed by atoms with Crippen molar-refractivity contribution in [2.75, 3.05) is 20.2 Å². The molecular weight excluding hydrogens is 538 g/mol. The Morgan fingerprint density at radius 3 is 2.32 bits per heavy atom. The Morgan fingerprint density at radius 2 is 1.66 bits per heavy atom. The van der Waals surface area contributed by atoms with Crippen LogP contribution in [0.4, 0.5) is 5.82 Å². The molecule has 1 saturated heterocycles. The second kappa shape index (κ2) is 10.4. The number of sulfonamides is 1. The van der Waals surface area contributed by atoms with Crippen molar-refractivity contribution in [3.63, 3.8) is 0 Å². The Hall–Kier alpha value is -4.02. The third-order valence-corrected chi connectivity index (χ3v) is 9.72. The fourth-order valence-electron chi connectivity index (χ4n) is 6.09. The molecule has 1 fully saturated rings. The molecule has 212 valence electrons. The Balaban J connectivity index is 1.48. The number of piperidine rings is 1. The molecule has 6 rings (SSSR count). The van der Waals surface area contributed by atoms with Gasteiger partial charge in [0.25, 0.3) is 0 Å². The predicted octanol–water partition coefficient (Wildman–Crippen LogP) is 5.12. The normalized spacial score (nSPS) is 22.4. The minimum atomic E-state index is -3.72. The highest BCUT2D eigenvalue weighted by Crippen LogP contribution is 2.44. The van der Waals surface area contributed by atoms with Gasteiger partial charge in [-0.2, -0.15) is 9.40 Å². The Labute approximate surface area is 240 Å². The zero-order valence-corrected chi connectivity index (χ0v) is 24.4. The summed E-state index contributed by atoms with van der Waals surface area (Å²) in [5, 5.41) is 4.85. The van der Waals surface area contributed by atoms with Gasteiger partial charge in [0.05, 0.1) is 35.0 Å². The number of para-hydroxylation sites is 1. The van der Waals surface area contributed by atoms with Crippen LogP contribution in [0.5, 0.6) is 0 Å². The number of aromatic nitrogens is 2. The monoisotopic (exact) mass is 571 g/mol. The van der Waals surface area contributed by atoms with Crippen molar-refractivity contribution >= 4 is 27.6 Å². The Kier molecular flexibility index (Phi) is 6.91. The molecule has 0 N–H and O–H groups in total. The first-order valence-corrected chi connectivity index (χ1v) is 15.2. The maximum absolute atomic E-state index is 13.9. The molecule has 0 radical (unpaired) electrons. The maximum Gasteiger partial charge on any atom is 0.337 e. The van der Waals surface area contributed by atoms with E-state index in [1.807, 2.05) is 59.0 Å². The number of esters is 1. The minimum Gasteiger partial charge on any atom is -0.465 e. The van der Waals surface area contributed by atoms with Gasteiger partial charge in [0.15, 0.2) is 5.82 Å². The molecule has 3 aliphatic heterocycles. The molecule has 0 unspecified atom stereocenters. The van der Waals surface area contributed by atoms with Crippen LogP contribution < -0.4 is 0 Å². The summed E-state index contributed by atoms with van der Waals surface area (Å²) in [6.45, 7) is 7.14. The number of fused-ring (bicyclic) bond motifs is 2. The van der Waals surface area contributed by atoms with Gasteiger partial charge in [-0.15, -0.1) is 0 Å². The van der Waals surface area contributed by atoms with Crippen LogP contribution in [0.15, 0.2) is 82.8 Å². The highest BCUT2D eigenvalue weighted by atomic mass is 32.2. The van der Waals surface area contributed by atoms with Crippen molar-refractivity contribution in [1.82, 2.24) is 19.0 Å². The number of rotatable bonds is 5. The molecule has 0 spiro atoms. The third-order valence-electron chi connectivity index (χ3n) is 7.90. The zero-order chi connectivity index (χ0) is 28.9. The van der Waals surface area contributed by atoms with Crippen LogP contribution in [0.3, 0.4) is 0 Å². The number of methoxy groups -OCH3 is 1. The van der Waals surface area contributed by atoms with Gasteiger partial charge in [0.2, 0.25) is 10.0 Å². The maximum atomic E-state index is 13.9. The van der Waals surface area contributed by atoms with E-state index in [-0.39, 0.29) is 4.91 Å². The molecule has 2 aromatic carbocycles. The standard InChI is InChI=1S/C31H33N5O4S/c1-20-16-21(2)18-34(17-20)41(38,39)26-14-15-27-32-30-28(22(3)33-36(30)25-8-6-5-7-9-25)29(35(27)19-26)23-10-12-24(13-11-23)31(37)40-4/h5-15,19-21,29H,16-18H2,1-4H3/t20-,21+,29-/m1/s1. The molecule has 10 heteroatoms. The van der Waals surface area contributed by atoms with E-state index in [1.165, 1.54) is 7.11 Å². The van der Waals surface area contributed by atoms with E-state index >= 15 is 0 Å². The number of hydrogen-bond acceptors (Lipinski definition) is 7. The SMILES string of the molecule is COC(=O)c1ccc([C@@H]2c3c(C)nn(-c4ccccc4)c3N=C3C=CC(S(=O)(=O)N4C[C@H](C)C[C@H](C)C4)=CN32)cc1. The average Bonchev–Trinajstić information content (AvgIpc) is 3.30. The molecule has 3 aromatic rings. The fourth-order valence-corrected chi connectivity index (χ4v) is 7.78. The number of carbonyl (C=O) groups excluding carboxylic acids is 1. The van der Waals surface area contributed by atoms with Crippen molar-refractivity contribution < 1.29 is 17.9 Å². The number of amidine groups is 1. The van der Waals surface area contributed by atoms with Crippen LogP contribution in [0.25, 0.3) is 5.69 Å². The van der Waals surface area contributed by atoms with E-state index in [2.05, 4.69) is 13.8 Å². The molecule has 9 nitrogen and oxygen atoms in total. The summed E-state index contributed by atoms with van der Waals surface area (Å²) in [7, 11) is -2.37. The smallest absolute Gasteiger partial charge is 0.337 e. The molecule has 0 amide bonds. The van der Waals surface area contributed by atoms with Crippen molar-refractivity contribution in [3.05, 3.63) is 100 Å². The summed E-state index contributed by atoms with van der Waals surface area (Å²) >= 11 is 0. The summed E-state index contributed by atoms with van der Waals surface area (Å²) in [5.41, 5.74) is 3.82. The predicted molar refractivity (Wildman–Crippen MR) is 158 cm³/mol. The number of aliphatic imine (C=N–C) groups is 1. The minimum absolute atomic E-state index is 0.227. The lowest BCUT2D eigenvalue weighted by Crippen LogP contribution is -2.44. The topological polar surface area (TPSA) is 97.1 Å². The second-order valence-electron chi connectivity index (χ2n) is 11.1. The number of aryl methyl sites for hydroxylation is 1. The summed E-state index contributed by atoms with van der Waals surface area (Å²) in [5.74, 6) is 1.46.